The van der Waals surface area contributed by atoms with Gasteiger partial charge in [0.15, 0.2) is 0 Å². The van der Waals surface area contributed by atoms with Crippen molar-refractivity contribution in [2.24, 2.45) is 0 Å². The first-order chi connectivity index (χ1) is 5.15. The van der Waals surface area contributed by atoms with E-state index in [9.17, 15) is 30.7 Å². The summed E-state index contributed by atoms with van der Waals surface area (Å²) in [6.07, 6.45) is -14.4. The highest BCUT2D eigenvalue weighted by Gasteiger charge is 2.45. The first kappa shape index (κ1) is 11.5. The maximum absolute atomic E-state index is 11.6. The number of alkyl halides is 7. The molecule has 0 fully saturated rings. The average Bonchev–Trinajstić information content (AvgIpc) is 1.82. The SMILES string of the molecule is FC(F)C(F)(F)OCC(F)(F)F. The molecule has 0 saturated heterocycles. The Kier molecular flexibility index (Phi) is 3.31. The largest absolute Gasteiger partial charge is 0.416 e. The number of hydrogen-bond acceptors (Lipinski definition) is 1. The molecular weight excluding hydrogens is 197 g/mol. The number of hydrogen-bond donors (Lipinski definition) is 0. The molecule has 0 aromatic rings. The van der Waals surface area contributed by atoms with Gasteiger partial charge in [0.2, 0.25) is 0 Å². The summed E-state index contributed by atoms with van der Waals surface area (Å²) in [5.74, 6) is 0. The minimum atomic E-state index is -5.05. The number of ether oxygens (including phenoxy) is 1. The van der Waals surface area contributed by atoms with Crippen LogP contribution in [0.15, 0.2) is 0 Å². The fourth-order valence-electron chi connectivity index (χ4n) is 0.241. The second-order valence-electron chi connectivity index (χ2n) is 1.77. The molecule has 0 N–H and O–H groups in total. The molecule has 0 bridgehead atoms. The Labute approximate surface area is 62.1 Å². The van der Waals surface area contributed by atoms with E-state index in [0.717, 1.165) is 0 Å². The second-order valence-corrected chi connectivity index (χ2v) is 1.77. The maximum atomic E-state index is 11.6. The normalized spacial score (nSPS) is 14.0. The van der Waals surface area contributed by atoms with Crippen molar-refractivity contribution in [1.82, 2.24) is 0 Å². The molecule has 0 aliphatic carbocycles. The lowest BCUT2D eigenvalue weighted by molar-refractivity contribution is -0.330. The van der Waals surface area contributed by atoms with Gasteiger partial charge in [-0.25, -0.2) is 8.78 Å². The van der Waals surface area contributed by atoms with Crippen molar-refractivity contribution in [2.75, 3.05) is 6.61 Å². The summed E-state index contributed by atoms with van der Waals surface area (Å²) in [6.45, 7) is -2.40. The molecule has 0 aromatic heterocycles. The molecule has 0 aromatic carbocycles. The van der Waals surface area contributed by atoms with E-state index in [1.54, 1.807) is 0 Å². The van der Waals surface area contributed by atoms with Gasteiger partial charge in [-0.3, -0.25) is 0 Å². The summed E-state index contributed by atoms with van der Waals surface area (Å²) in [7, 11) is 0. The van der Waals surface area contributed by atoms with E-state index >= 15 is 0 Å². The standard InChI is InChI=1S/C4H3F7O/c5-2(6)4(10,11)12-1-3(7,8)9/h2H,1H2. The van der Waals surface area contributed by atoms with Gasteiger partial charge in [0, 0.05) is 0 Å². The van der Waals surface area contributed by atoms with Crippen molar-refractivity contribution in [3.05, 3.63) is 0 Å². The molecule has 0 unspecified atom stereocenters. The molecule has 0 amide bonds. The summed E-state index contributed by atoms with van der Waals surface area (Å²) in [5, 5.41) is 0. The van der Waals surface area contributed by atoms with E-state index in [0.29, 0.717) is 0 Å². The van der Waals surface area contributed by atoms with Crippen LogP contribution in [0.5, 0.6) is 0 Å². The van der Waals surface area contributed by atoms with Crippen LogP contribution in [-0.4, -0.2) is 25.3 Å². The monoisotopic (exact) mass is 200 g/mol. The van der Waals surface area contributed by atoms with E-state index in [2.05, 4.69) is 4.74 Å². The Morgan fingerprint density at radius 3 is 1.67 bits per heavy atom. The molecule has 0 saturated carbocycles. The van der Waals surface area contributed by atoms with Crippen molar-refractivity contribution < 1.29 is 35.5 Å². The molecule has 0 atom stereocenters. The number of halogens is 7. The smallest absolute Gasteiger partial charge is 0.306 e. The molecule has 74 valence electrons. The van der Waals surface area contributed by atoms with E-state index in [1.807, 2.05) is 0 Å². The molecule has 0 aliphatic rings. The van der Waals surface area contributed by atoms with Gasteiger partial charge in [-0.2, -0.15) is 22.0 Å². The van der Waals surface area contributed by atoms with Gasteiger partial charge in [-0.15, -0.1) is 0 Å². The summed E-state index contributed by atoms with van der Waals surface area (Å²) in [5.41, 5.74) is 0. The van der Waals surface area contributed by atoms with Crippen LogP contribution in [0, 0.1) is 0 Å². The van der Waals surface area contributed by atoms with Crippen LogP contribution in [0.2, 0.25) is 0 Å². The summed E-state index contributed by atoms with van der Waals surface area (Å²) >= 11 is 0. The van der Waals surface area contributed by atoms with Crippen LogP contribution in [0.25, 0.3) is 0 Å². The van der Waals surface area contributed by atoms with Gasteiger partial charge in [-0.05, 0) is 0 Å². The van der Waals surface area contributed by atoms with Crippen molar-refractivity contribution in [3.8, 4) is 0 Å². The highest BCUT2D eigenvalue weighted by molar-refractivity contribution is 4.57. The predicted octanol–water partition coefficient (Wildman–Crippen LogP) is 2.42. The zero-order chi connectivity index (χ0) is 9.99. The third kappa shape index (κ3) is 4.37. The molecule has 0 radical (unpaired) electrons. The predicted molar refractivity (Wildman–Crippen MR) is 23.0 cm³/mol. The molecule has 0 spiro atoms. The third-order valence-electron chi connectivity index (χ3n) is 0.682. The fourth-order valence-corrected chi connectivity index (χ4v) is 0.241. The topological polar surface area (TPSA) is 9.23 Å². The Morgan fingerprint density at radius 1 is 1.00 bits per heavy atom. The van der Waals surface area contributed by atoms with Crippen molar-refractivity contribution in [2.45, 2.75) is 18.7 Å². The first-order valence-corrected chi connectivity index (χ1v) is 2.52. The Morgan fingerprint density at radius 2 is 1.42 bits per heavy atom. The minimum Gasteiger partial charge on any atom is -0.306 e. The van der Waals surface area contributed by atoms with Crippen molar-refractivity contribution >= 4 is 0 Å². The van der Waals surface area contributed by atoms with Gasteiger partial charge < -0.3 is 4.74 Å². The first-order valence-electron chi connectivity index (χ1n) is 2.52. The van der Waals surface area contributed by atoms with Crippen LogP contribution in [0.3, 0.4) is 0 Å². The van der Waals surface area contributed by atoms with E-state index in [-0.39, 0.29) is 0 Å². The van der Waals surface area contributed by atoms with Gasteiger partial charge in [0.25, 0.3) is 0 Å². The van der Waals surface area contributed by atoms with Gasteiger partial charge in [0.05, 0.1) is 0 Å². The number of rotatable bonds is 3. The van der Waals surface area contributed by atoms with Crippen LogP contribution in [0.1, 0.15) is 0 Å². The third-order valence-corrected chi connectivity index (χ3v) is 0.682. The minimum absolute atomic E-state index is 2.40. The molecule has 1 nitrogen and oxygen atoms in total. The molecule has 0 heterocycles. The van der Waals surface area contributed by atoms with Crippen LogP contribution < -0.4 is 0 Å². The van der Waals surface area contributed by atoms with Crippen molar-refractivity contribution in [3.63, 3.8) is 0 Å². The van der Waals surface area contributed by atoms with Gasteiger partial charge in [0.1, 0.15) is 6.61 Å². The highest BCUT2D eigenvalue weighted by Crippen LogP contribution is 2.27. The second kappa shape index (κ2) is 3.46. The van der Waals surface area contributed by atoms with Crippen LogP contribution in [-0.2, 0) is 4.74 Å². The lowest BCUT2D eigenvalue weighted by Crippen LogP contribution is -2.34. The molecule has 12 heavy (non-hydrogen) atoms. The fraction of sp³-hybridized carbons (Fsp3) is 1.00. The van der Waals surface area contributed by atoms with Crippen LogP contribution >= 0.6 is 0 Å². The van der Waals surface area contributed by atoms with Gasteiger partial charge in [-0.1, -0.05) is 0 Å². The summed E-state index contributed by atoms with van der Waals surface area (Å²) in [4.78, 5) is 0. The Balaban J connectivity index is 3.93. The Hall–Kier alpha value is -0.530. The lowest BCUT2D eigenvalue weighted by atomic mass is 10.6. The molecule has 0 rings (SSSR count). The Bertz CT molecular complexity index is 139. The van der Waals surface area contributed by atoms with Crippen LogP contribution in [0.4, 0.5) is 30.7 Å². The highest BCUT2D eigenvalue weighted by atomic mass is 19.4. The molecule has 0 aliphatic heterocycles. The zero-order valence-electron chi connectivity index (χ0n) is 5.34. The summed E-state index contributed by atoms with van der Waals surface area (Å²) < 4.78 is 81.6. The quantitative estimate of drug-likeness (QED) is 0.635. The molecular formula is C4H3F7O. The summed E-state index contributed by atoms with van der Waals surface area (Å²) in [6, 6.07) is 0. The van der Waals surface area contributed by atoms with E-state index in [1.165, 1.54) is 0 Å². The van der Waals surface area contributed by atoms with E-state index in [4.69, 9.17) is 0 Å². The van der Waals surface area contributed by atoms with E-state index < -0.39 is 25.3 Å². The average molecular weight is 200 g/mol. The molecule has 8 heteroatoms. The zero-order valence-corrected chi connectivity index (χ0v) is 5.34. The van der Waals surface area contributed by atoms with Gasteiger partial charge >= 0.3 is 18.7 Å². The lowest BCUT2D eigenvalue weighted by Gasteiger charge is -2.16. The van der Waals surface area contributed by atoms with Crippen molar-refractivity contribution in [1.29, 1.82) is 0 Å². The maximum Gasteiger partial charge on any atom is 0.416 e.